The number of nitrogens with zero attached hydrogens (tertiary/aromatic N) is 1. The summed E-state index contributed by atoms with van der Waals surface area (Å²) in [4.78, 5) is 14.3. The Morgan fingerprint density at radius 3 is 2.94 bits per heavy atom. The number of rotatable bonds is 3. The molecule has 0 aromatic carbocycles. The molecule has 0 saturated carbocycles. The van der Waals surface area contributed by atoms with Crippen molar-refractivity contribution in [2.45, 2.75) is 37.8 Å². The Hall–Kier alpha value is -0.650. The fourth-order valence-electron chi connectivity index (χ4n) is 2.60. The third kappa shape index (κ3) is 3.18. The number of amides is 1. The molecule has 0 radical (unpaired) electrons. The molecule has 2 aliphatic heterocycles. The van der Waals surface area contributed by atoms with E-state index < -0.39 is 6.10 Å². The molecule has 2 N–H and O–H groups in total. The summed E-state index contributed by atoms with van der Waals surface area (Å²) in [6, 6.07) is 0.298. The first kappa shape index (κ1) is 12.8. The van der Waals surface area contributed by atoms with Crippen LogP contribution in [0.25, 0.3) is 0 Å². The Bertz CT molecular complexity index is 252. The second kappa shape index (κ2) is 6.33. The summed E-state index contributed by atoms with van der Waals surface area (Å²) in [6.07, 6.45) is 3.83. The van der Waals surface area contributed by atoms with Crippen LogP contribution in [0.4, 0.5) is 0 Å². The summed E-state index contributed by atoms with van der Waals surface area (Å²) in [6.45, 7) is 2.98. The number of piperidine rings is 1. The van der Waals surface area contributed by atoms with E-state index in [4.69, 9.17) is 15.2 Å². The maximum absolute atomic E-state index is 12.3. The van der Waals surface area contributed by atoms with Gasteiger partial charge in [0.15, 0.2) is 6.10 Å². The molecule has 2 fully saturated rings. The number of hydrogen-bond acceptors (Lipinski definition) is 4. The van der Waals surface area contributed by atoms with Gasteiger partial charge in [-0.05, 0) is 32.2 Å². The van der Waals surface area contributed by atoms with E-state index in [0.29, 0.717) is 32.4 Å². The van der Waals surface area contributed by atoms with Crippen molar-refractivity contribution in [2.75, 3.05) is 32.9 Å². The van der Waals surface area contributed by atoms with Gasteiger partial charge in [0.1, 0.15) is 0 Å². The predicted octanol–water partition coefficient (Wildman–Crippen LogP) is 0.132. The lowest BCUT2D eigenvalue weighted by Crippen LogP contribution is -2.51. The van der Waals surface area contributed by atoms with Crippen molar-refractivity contribution in [3.63, 3.8) is 0 Å². The number of carbonyl (C=O) groups is 1. The molecule has 2 heterocycles. The lowest BCUT2D eigenvalue weighted by atomic mass is 9.98. The van der Waals surface area contributed by atoms with Gasteiger partial charge < -0.3 is 20.1 Å². The van der Waals surface area contributed by atoms with Crippen LogP contribution in [-0.2, 0) is 14.3 Å². The van der Waals surface area contributed by atoms with Crippen molar-refractivity contribution in [2.24, 2.45) is 5.73 Å². The van der Waals surface area contributed by atoms with Gasteiger partial charge in [0.25, 0.3) is 5.91 Å². The molecule has 0 aromatic rings. The van der Waals surface area contributed by atoms with Gasteiger partial charge in [-0.15, -0.1) is 0 Å². The molecular weight excluding hydrogens is 220 g/mol. The summed E-state index contributed by atoms with van der Waals surface area (Å²) in [5, 5.41) is 0. The average molecular weight is 242 g/mol. The van der Waals surface area contributed by atoms with Crippen molar-refractivity contribution in [3.8, 4) is 0 Å². The Morgan fingerprint density at radius 1 is 1.35 bits per heavy atom. The molecule has 2 rings (SSSR count). The van der Waals surface area contributed by atoms with E-state index in [2.05, 4.69) is 0 Å². The van der Waals surface area contributed by atoms with E-state index in [0.717, 1.165) is 25.8 Å². The Morgan fingerprint density at radius 2 is 2.24 bits per heavy atom. The third-order valence-electron chi connectivity index (χ3n) is 3.50. The average Bonchev–Trinajstić information content (AvgIpc) is 2.40. The molecule has 5 nitrogen and oxygen atoms in total. The number of ether oxygens (including phenoxy) is 2. The minimum Gasteiger partial charge on any atom is -0.376 e. The summed E-state index contributed by atoms with van der Waals surface area (Å²) < 4.78 is 10.8. The fraction of sp³-hybridized carbons (Fsp3) is 0.917. The maximum Gasteiger partial charge on any atom is 0.254 e. The Labute approximate surface area is 102 Å². The number of carbonyl (C=O) groups excluding carboxylic acids is 1. The zero-order valence-electron chi connectivity index (χ0n) is 10.3. The second-order valence-electron chi connectivity index (χ2n) is 4.69. The number of likely N-dealkylation sites (tertiary alicyclic amines) is 1. The largest absolute Gasteiger partial charge is 0.376 e. The number of hydrogen-bond donors (Lipinski definition) is 1. The standard InChI is InChI=1S/C12H22N2O3/c13-5-4-10-3-1-2-6-14(10)12(15)11-9-16-7-8-17-11/h10-11H,1-9,13H2. The van der Waals surface area contributed by atoms with Gasteiger partial charge >= 0.3 is 0 Å². The minimum absolute atomic E-state index is 0.0860. The van der Waals surface area contributed by atoms with Crippen LogP contribution in [0.3, 0.4) is 0 Å². The highest BCUT2D eigenvalue weighted by Crippen LogP contribution is 2.21. The zero-order chi connectivity index (χ0) is 12.1. The van der Waals surface area contributed by atoms with Gasteiger partial charge in [0.2, 0.25) is 0 Å². The van der Waals surface area contributed by atoms with E-state index in [1.165, 1.54) is 6.42 Å². The maximum atomic E-state index is 12.3. The van der Waals surface area contributed by atoms with E-state index in [1.54, 1.807) is 0 Å². The van der Waals surface area contributed by atoms with Crippen molar-refractivity contribution >= 4 is 5.91 Å². The first-order chi connectivity index (χ1) is 8.33. The van der Waals surface area contributed by atoms with Crippen LogP contribution in [0.15, 0.2) is 0 Å². The normalized spacial score (nSPS) is 30.3. The molecule has 5 heteroatoms. The molecule has 2 atom stereocenters. The minimum atomic E-state index is -0.401. The van der Waals surface area contributed by atoms with Crippen molar-refractivity contribution in [1.82, 2.24) is 4.90 Å². The molecule has 17 heavy (non-hydrogen) atoms. The molecule has 0 spiro atoms. The van der Waals surface area contributed by atoms with Crippen LogP contribution in [0, 0.1) is 0 Å². The van der Waals surface area contributed by atoms with Crippen molar-refractivity contribution in [1.29, 1.82) is 0 Å². The lowest BCUT2D eigenvalue weighted by Gasteiger charge is -2.38. The highest BCUT2D eigenvalue weighted by molar-refractivity contribution is 5.81. The van der Waals surface area contributed by atoms with Crippen LogP contribution in [0.2, 0.25) is 0 Å². The molecule has 0 aliphatic carbocycles. The molecule has 2 saturated heterocycles. The van der Waals surface area contributed by atoms with E-state index in [9.17, 15) is 4.79 Å². The van der Waals surface area contributed by atoms with Gasteiger partial charge in [-0.2, -0.15) is 0 Å². The molecule has 1 amide bonds. The monoisotopic (exact) mass is 242 g/mol. The Kier molecular flexibility index (Phi) is 4.76. The van der Waals surface area contributed by atoms with E-state index >= 15 is 0 Å². The van der Waals surface area contributed by atoms with Gasteiger partial charge in [0, 0.05) is 12.6 Å². The fourth-order valence-corrected chi connectivity index (χ4v) is 2.60. The van der Waals surface area contributed by atoms with Gasteiger partial charge in [0.05, 0.1) is 19.8 Å². The van der Waals surface area contributed by atoms with Gasteiger partial charge in [-0.1, -0.05) is 0 Å². The molecule has 0 bridgehead atoms. The van der Waals surface area contributed by atoms with E-state index in [-0.39, 0.29) is 5.91 Å². The smallest absolute Gasteiger partial charge is 0.254 e. The van der Waals surface area contributed by atoms with Crippen LogP contribution in [-0.4, -0.2) is 55.9 Å². The third-order valence-corrected chi connectivity index (χ3v) is 3.50. The first-order valence-electron chi connectivity index (χ1n) is 6.53. The van der Waals surface area contributed by atoms with Crippen LogP contribution in [0.1, 0.15) is 25.7 Å². The topological polar surface area (TPSA) is 64.8 Å². The summed E-state index contributed by atoms with van der Waals surface area (Å²) in [5.74, 6) is 0.0860. The molecule has 2 unspecified atom stereocenters. The molecular formula is C12H22N2O3. The highest BCUT2D eigenvalue weighted by Gasteiger charge is 2.32. The quantitative estimate of drug-likeness (QED) is 0.764. The van der Waals surface area contributed by atoms with Crippen LogP contribution >= 0.6 is 0 Å². The van der Waals surface area contributed by atoms with Crippen LogP contribution in [0.5, 0.6) is 0 Å². The molecule has 98 valence electrons. The lowest BCUT2D eigenvalue weighted by molar-refractivity contribution is -0.161. The van der Waals surface area contributed by atoms with Crippen molar-refractivity contribution in [3.05, 3.63) is 0 Å². The summed E-state index contributed by atoms with van der Waals surface area (Å²) >= 11 is 0. The van der Waals surface area contributed by atoms with Crippen molar-refractivity contribution < 1.29 is 14.3 Å². The number of nitrogens with two attached hydrogens (primary N) is 1. The second-order valence-corrected chi connectivity index (χ2v) is 4.69. The molecule has 2 aliphatic rings. The summed E-state index contributed by atoms with van der Waals surface area (Å²) in [7, 11) is 0. The van der Waals surface area contributed by atoms with Gasteiger partial charge in [-0.25, -0.2) is 0 Å². The SMILES string of the molecule is NCCC1CCCCN1C(=O)C1COCCO1. The van der Waals surface area contributed by atoms with Crippen LogP contribution < -0.4 is 5.73 Å². The molecule has 0 aromatic heterocycles. The first-order valence-corrected chi connectivity index (χ1v) is 6.53. The zero-order valence-corrected chi connectivity index (χ0v) is 10.3. The van der Waals surface area contributed by atoms with Gasteiger partial charge in [-0.3, -0.25) is 4.79 Å². The predicted molar refractivity (Wildman–Crippen MR) is 63.6 cm³/mol. The highest BCUT2D eigenvalue weighted by atomic mass is 16.6. The van der Waals surface area contributed by atoms with E-state index in [1.807, 2.05) is 4.90 Å². The Balaban J connectivity index is 1.94. The summed E-state index contributed by atoms with van der Waals surface area (Å²) in [5.41, 5.74) is 5.61.